The molecule has 0 saturated heterocycles. The minimum atomic E-state index is -0.161. The summed E-state index contributed by atoms with van der Waals surface area (Å²) in [7, 11) is 0. The van der Waals surface area contributed by atoms with Gasteiger partial charge in [-0.05, 0) is 59.7 Å². The van der Waals surface area contributed by atoms with Gasteiger partial charge in [-0.2, -0.15) is 0 Å². The molecule has 3 nitrogen and oxygen atoms in total. The lowest BCUT2D eigenvalue weighted by Gasteiger charge is -2.08. The van der Waals surface area contributed by atoms with Crippen molar-refractivity contribution in [3.63, 3.8) is 0 Å². The second-order valence-electron chi connectivity index (χ2n) is 5.11. The number of amides is 1. The van der Waals surface area contributed by atoms with Gasteiger partial charge in [0.1, 0.15) is 5.75 Å². The molecule has 3 aromatic rings. The Morgan fingerprint density at radius 3 is 2.68 bits per heavy atom. The number of halogens is 1. The van der Waals surface area contributed by atoms with E-state index in [-0.39, 0.29) is 11.7 Å². The molecule has 0 bridgehead atoms. The van der Waals surface area contributed by atoms with E-state index in [1.165, 1.54) is 0 Å². The first-order valence-electron chi connectivity index (χ1n) is 6.84. The van der Waals surface area contributed by atoms with Crippen LogP contribution in [0, 0.1) is 6.92 Å². The van der Waals surface area contributed by atoms with Crippen LogP contribution in [-0.2, 0) is 0 Å². The normalized spacial score (nSPS) is 10.6. The number of hydrogen-bond donors (Lipinski definition) is 2. The number of fused-ring (bicyclic) bond motifs is 1. The van der Waals surface area contributed by atoms with Gasteiger partial charge in [0.15, 0.2) is 0 Å². The van der Waals surface area contributed by atoms with E-state index in [1.54, 1.807) is 12.1 Å². The molecule has 2 N–H and O–H groups in total. The van der Waals surface area contributed by atoms with Crippen molar-refractivity contribution in [2.24, 2.45) is 0 Å². The van der Waals surface area contributed by atoms with Crippen molar-refractivity contribution in [3.8, 4) is 5.75 Å². The van der Waals surface area contributed by atoms with Gasteiger partial charge in [0, 0.05) is 15.7 Å². The van der Waals surface area contributed by atoms with Crippen LogP contribution in [0.3, 0.4) is 0 Å². The van der Waals surface area contributed by atoms with Crippen LogP contribution >= 0.6 is 15.9 Å². The fourth-order valence-electron chi connectivity index (χ4n) is 2.38. The molecule has 0 unspecified atom stereocenters. The lowest BCUT2D eigenvalue weighted by molar-refractivity contribution is 0.102. The predicted molar refractivity (Wildman–Crippen MR) is 92.4 cm³/mol. The predicted octanol–water partition coefficient (Wildman–Crippen LogP) is 4.87. The van der Waals surface area contributed by atoms with Gasteiger partial charge in [-0.3, -0.25) is 4.79 Å². The van der Waals surface area contributed by atoms with Gasteiger partial charge in [-0.15, -0.1) is 0 Å². The minimum Gasteiger partial charge on any atom is -0.508 e. The van der Waals surface area contributed by atoms with Gasteiger partial charge in [0.05, 0.1) is 0 Å². The third kappa shape index (κ3) is 2.83. The molecule has 110 valence electrons. The summed E-state index contributed by atoms with van der Waals surface area (Å²) in [6, 6.07) is 16.4. The smallest absolute Gasteiger partial charge is 0.255 e. The number of phenolic OH excluding ortho intramolecular Hbond substituents is 1. The van der Waals surface area contributed by atoms with E-state index >= 15 is 0 Å². The number of hydrogen-bond acceptors (Lipinski definition) is 2. The summed E-state index contributed by atoms with van der Waals surface area (Å²) >= 11 is 3.38. The Balaban J connectivity index is 1.93. The molecule has 0 saturated carbocycles. The van der Waals surface area contributed by atoms with Gasteiger partial charge in [0.25, 0.3) is 5.91 Å². The minimum absolute atomic E-state index is 0.161. The third-order valence-electron chi connectivity index (χ3n) is 3.61. The zero-order valence-corrected chi connectivity index (χ0v) is 13.5. The topological polar surface area (TPSA) is 49.3 Å². The van der Waals surface area contributed by atoms with E-state index in [0.717, 1.165) is 26.5 Å². The van der Waals surface area contributed by atoms with Gasteiger partial charge in [0.2, 0.25) is 0 Å². The first kappa shape index (κ1) is 14.6. The van der Waals surface area contributed by atoms with E-state index < -0.39 is 0 Å². The summed E-state index contributed by atoms with van der Waals surface area (Å²) in [5.41, 5.74) is 2.13. The molecule has 3 aromatic carbocycles. The standard InChI is InChI=1S/C18H14BrNO2/c1-11-16-7-5-13(9-12(16)6-8-17(11)21)18(22)20-15-4-2-3-14(19)10-15/h2-10,21H,1H3,(H,20,22). The molecular formula is C18H14BrNO2. The Morgan fingerprint density at radius 1 is 1.09 bits per heavy atom. The molecule has 3 rings (SSSR count). The Bertz CT molecular complexity index is 874. The van der Waals surface area contributed by atoms with Crippen LogP contribution in [0.5, 0.6) is 5.75 Å². The number of carbonyl (C=O) groups excluding carboxylic acids is 1. The molecular weight excluding hydrogens is 342 g/mol. The van der Waals surface area contributed by atoms with Crippen LogP contribution in [0.15, 0.2) is 59.1 Å². The Kier molecular flexibility index (Phi) is 3.86. The number of carbonyl (C=O) groups is 1. The van der Waals surface area contributed by atoms with Crippen molar-refractivity contribution in [1.82, 2.24) is 0 Å². The van der Waals surface area contributed by atoms with Crippen molar-refractivity contribution in [1.29, 1.82) is 0 Å². The molecule has 0 aliphatic rings. The van der Waals surface area contributed by atoms with Crippen LogP contribution in [0.25, 0.3) is 10.8 Å². The number of aryl methyl sites for hydroxylation is 1. The number of benzene rings is 3. The fourth-order valence-corrected chi connectivity index (χ4v) is 2.78. The molecule has 1 amide bonds. The first-order chi connectivity index (χ1) is 10.5. The number of aromatic hydroxyl groups is 1. The molecule has 22 heavy (non-hydrogen) atoms. The molecule has 0 fully saturated rings. The van der Waals surface area contributed by atoms with Gasteiger partial charge < -0.3 is 10.4 Å². The van der Waals surface area contributed by atoms with E-state index in [0.29, 0.717) is 5.56 Å². The zero-order chi connectivity index (χ0) is 15.7. The SMILES string of the molecule is Cc1c(O)ccc2cc(C(=O)Nc3cccc(Br)c3)ccc12. The van der Waals surface area contributed by atoms with E-state index in [4.69, 9.17) is 0 Å². The quantitative estimate of drug-likeness (QED) is 0.688. The van der Waals surface area contributed by atoms with Crippen molar-refractivity contribution in [2.75, 3.05) is 5.32 Å². The molecule has 0 aliphatic carbocycles. The Hall–Kier alpha value is -2.33. The summed E-state index contributed by atoms with van der Waals surface area (Å²) in [5.74, 6) is 0.101. The van der Waals surface area contributed by atoms with Crippen molar-refractivity contribution >= 4 is 38.3 Å². The monoisotopic (exact) mass is 355 g/mol. The van der Waals surface area contributed by atoms with E-state index in [2.05, 4.69) is 21.2 Å². The number of phenols is 1. The molecule has 0 aromatic heterocycles. The fraction of sp³-hybridized carbons (Fsp3) is 0.0556. The second-order valence-corrected chi connectivity index (χ2v) is 6.03. The van der Waals surface area contributed by atoms with E-state index in [1.807, 2.05) is 49.4 Å². The van der Waals surface area contributed by atoms with Gasteiger partial charge in [-0.25, -0.2) is 0 Å². The Morgan fingerprint density at radius 2 is 1.91 bits per heavy atom. The average Bonchev–Trinajstić information content (AvgIpc) is 2.50. The highest BCUT2D eigenvalue weighted by molar-refractivity contribution is 9.10. The highest BCUT2D eigenvalue weighted by Gasteiger charge is 2.09. The maximum absolute atomic E-state index is 12.3. The number of nitrogens with one attached hydrogen (secondary N) is 1. The maximum Gasteiger partial charge on any atom is 0.255 e. The molecule has 4 heteroatoms. The molecule has 0 aliphatic heterocycles. The first-order valence-corrected chi connectivity index (χ1v) is 7.63. The summed E-state index contributed by atoms with van der Waals surface area (Å²) in [5, 5.41) is 14.5. The molecule has 0 spiro atoms. The van der Waals surface area contributed by atoms with E-state index in [9.17, 15) is 9.90 Å². The number of rotatable bonds is 2. The van der Waals surface area contributed by atoms with Crippen molar-refractivity contribution in [2.45, 2.75) is 6.92 Å². The van der Waals surface area contributed by atoms with Crippen LogP contribution in [-0.4, -0.2) is 11.0 Å². The molecule has 0 radical (unpaired) electrons. The lowest BCUT2D eigenvalue weighted by atomic mass is 10.0. The van der Waals surface area contributed by atoms with Crippen LogP contribution in [0.1, 0.15) is 15.9 Å². The van der Waals surface area contributed by atoms with Crippen molar-refractivity contribution < 1.29 is 9.90 Å². The maximum atomic E-state index is 12.3. The Labute approximate surface area is 136 Å². The second kappa shape index (κ2) is 5.81. The summed E-state index contributed by atoms with van der Waals surface area (Å²) in [6.07, 6.45) is 0. The summed E-state index contributed by atoms with van der Waals surface area (Å²) < 4.78 is 0.912. The van der Waals surface area contributed by atoms with Crippen LogP contribution < -0.4 is 5.32 Å². The molecule has 0 heterocycles. The summed E-state index contributed by atoms with van der Waals surface area (Å²) in [6.45, 7) is 1.86. The van der Waals surface area contributed by atoms with Gasteiger partial charge in [-0.1, -0.05) is 34.1 Å². The zero-order valence-electron chi connectivity index (χ0n) is 11.9. The number of anilines is 1. The van der Waals surface area contributed by atoms with Crippen LogP contribution in [0.4, 0.5) is 5.69 Å². The largest absolute Gasteiger partial charge is 0.508 e. The lowest BCUT2D eigenvalue weighted by Crippen LogP contribution is -2.11. The summed E-state index contributed by atoms with van der Waals surface area (Å²) in [4.78, 5) is 12.3. The van der Waals surface area contributed by atoms with Crippen LogP contribution in [0.2, 0.25) is 0 Å². The highest BCUT2D eigenvalue weighted by Crippen LogP contribution is 2.27. The third-order valence-corrected chi connectivity index (χ3v) is 4.10. The van der Waals surface area contributed by atoms with Crippen molar-refractivity contribution in [3.05, 3.63) is 70.2 Å². The highest BCUT2D eigenvalue weighted by atomic mass is 79.9. The molecule has 0 atom stereocenters. The average molecular weight is 356 g/mol. The van der Waals surface area contributed by atoms with Gasteiger partial charge >= 0.3 is 0 Å².